The second-order valence-electron chi connectivity index (χ2n) is 8.09. The van der Waals surface area contributed by atoms with E-state index in [1.165, 1.54) is 10.9 Å². The van der Waals surface area contributed by atoms with E-state index in [9.17, 15) is 9.59 Å². The number of aryl methyl sites for hydroxylation is 1. The van der Waals surface area contributed by atoms with Crippen molar-refractivity contribution >= 4 is 27.7 Å². The molecular formula is C24H24N4O3. The number of nitrogens with zero attached hydrogens (tertiary/aromatic N) is 2. The molecule has 158 valence electrons. The van der Waals surface area contributed by atoms with Gasteiger partial charge in [-0.05, 0) is 49.6 Å². The van der Waals surface area contributed by atoms with E-state index in [1.54, 1.807) is 22.8 Å². The highest BCUT2D eigenvalue weighted by atomic mass is 16.5. The first-order valence-electron chi connectivity index (χ1n) is 10.6. The number of rotatable bonds is 6. The summed E-state index contributed by atoms with van der Waals surface area (Å²) in [6.07, 6.45) is 4.49. The van der Waals surface area contributed by atoms with Crippen molar-refractivity contribution in [3.63, 3.8) is 0 Å². The highest BCUT2D eigenvalue weighted by molar-refractivity contribution is 5.83. The van der Waals surface area contributed by atoms with Crippen LogP contribution in [-0.4, -0.2) is 33.1 Å². The van der Waals surface area contributed by atoms with Gasteiger partial charge < -0.3 is 15.0 Å². The number of benzene rings is 2. The molecule has 7 heteroatoms. The Labute approximate surface area is 179 Å². The topological polar surface area (TPSA) is 89.0 Å². The Bertz CT molecular complexity index is 1340. The van der Waals surface area contributed by atoms with E-state index in [2.05, 4.69) is 21.4 Å². The van der Waals surface area contributed by atoms with Gasteiger partial charge in [-0.15, -0.1) is 0 Å². The highest BCUT2D eigenvalue weighted by Gasteiger charge is 2.17. The summed E-state index contributed by atoms with van der Waals surface area (Å²) in [4.78, 5) is 32.9. The lowest BCUT2D eigenvalue weighted by molar-refractivity contribution is -0.123. The summed E-state index contributed by atoms with van der Waals surface area (Å²) in [5.41, 5.74) is 2.88. The minimum Gasteiger partial charge on any atom is -0.484 e. The number of amides is 1. The molecule has 4 aromatic rings. The van der Waals surface area contributed by atoms with Crippen LogP contribution in [0.2, 0.25) is 0 Å². The number of H-pyrrole nitrogens is 1. The van der Waals surface area contributed by atoms with Crippen LogP contribution in [0.15, 0.2) is 53.5 Å². The standard InChI is InChI=1S/C24H24N4O3/c1-15(11-16-13-25-20-6-3-2-5-18(16)20)26-23(29)14-31-17-8-9-21-19(12-17)24(30)28-10-4-7-22(28)27-21/h2-3,5-6,8-9,12-13,15,25H,4,7,10-11,14H2,1H3,(H,26,29)/t15-/m0/s1. The smallest absolute Gasteiger partial charge is 0.261 e. The second kappa shape index (κ2) is 7.91. The molecule has 0 saturated heterocycles. The summed E-state index contributed by atoms with van der Waals surface area (Å²) in [5.74, 6) is 1.13. The number of aromatic amines is 1. The van der Waals surface area contributed by atoms with E-state index in [-0.39, 0.29) is 24.1 Å². The molecule has 2 aromatic heterocycles. The Morgan fingerprint density at radius 1 is 1.26 bits per heavy atom. The first-order valence-corrected chi connectivity index (χ1v) is 10.6. The molecule has 3 heterocycles. The van der Waals surface area contributed by atoms with Crippen LogP contribution in [0.25, 0.3) is 21.8 Å². The zero-order valence-corrected chi connectivity index (χ0v) is 17.4. The fourth-order valence-corrected chi connectivity index (χ4v) is 4.30. The molecule has 0 spiro atoms. The van der Waals surface area contributed by atoms with Gasteiger partial charge in [-0.1, -0.05) is 18.2 Å². The molecular weight excluding hydrogens is 392 g/mol. The molecule has 1 atom stereocenters. The summed E-state index contributed by atoms with van der Waals surface area (Å²) >= 11 is 0. The van der Waals surface area contributed by atoms with Crippen molar-refractivity contribution in [2.75, 3.05) is 6.61 Å². The van der Waals surface area contributed by atoms with E-state index >= 15 is 0 Å². The molecule has 5 rings (SSSR count). The van der Waals surface area contributed by atoms with Crippen LogP contribution in [0.4, 0.5) is 0 Å². The van der Waals surface area contributed by atoms with Crippen molar-refractivity contribution in [3.8, 4) is 5.75 Å². The number of carbonyl (C=O) groups is 1. The SMILES string of the molecule is C[C@@H](Cc1c[nH]c2ccccc12)NC(=O)COc1ccc2nc3n(c(=O)c2c1)CCC3. The minimum atomic E-state index is -0.198. The van der Waals surface area contributed by atoms with Crippen molar-refractivity contribution in [3.05, 3.63) is 70.4 Å². The number of hydrogen-bond donors (Lipinski definition) is 2. The highest BCUT2D eigenvalue weighted by Crippen LogP contribution is 2.20. The summed E-state index contributed by atoms with van der Waals surface area (Å²) in [6.45, 7) is 2.57. The third-order valence-corrected chi connectivity index (χ3v) is 5.77. The van der Waals surface area contributed by atoms with Gasteiger partial charge in [0, 0.05) is 36.1 Å². The van der Waals surface area contributed by atoms with Crippen LogP contribution in [0.3, 0.4) is 0 Å². The maximum absolute atomic E-state index is 12.7. The van der Waals surface area contributed by atoms with Crippen molar-refractivity contribution in [1.29, 1.82) is 0 Å². The van der Waals surface area contributed by atoms with Gasteiger partial charge in [0.25, 0.3) is 11.5 Å². The Kier molecular flexibility index (Phi) is 4.94. The van der Waals surface area contributed by atoms with E-state index < -0.39 is 0 Å². The lowest BCUT2D eigenvalue weighted by Crippen LogP contribution is -2.37. The van der Waals surface area contributed by atoms with Gasteiger partial charge in [0.1, 0.15) is 11.6 Å². The van der Waals surface area contributed by atoms with Crippen molar-refractivity contribution in [2.24, 2.45) is 0 Å². The second-order valence-corrected chi connectivity index (χ2v) is 8.09. The number of para-hydroxylation sites is 1. The van der Waals surface area contributed by atoms with E-state index in [1.807, 2.05) is 31.3 Å². The maximum Gasteiger partial charge on any atom is 0.261 e. The number of fused-ring (bicyclic) bond motifs is 3. The average Bonchev–Trinajstić information content (AvgIpc) is 3.40. The van der Waals surface area contributed by atoms with E-state index in [0.29, 0.717) is 23.2 Å². The molecule has 0 unspecified atom stereocenters. The number of aromatic nitrogens is 3. The normalized spacial score (nSPS) is 14.0. The van der Waals surface area contributed by atoms with Gasteiger partial charge in [0.15, 0.2) is 6.61 Å². The summed E-state index contributed by atoms with van der Waals surface area (Å²) in [5, 5.41) is 4.67. The van der Waals surface area contributed by atoms with Crippen molar-refractivity contribution < 1.29 is 9.53 Å². The first kappa shape index (κ1) is 19.4. The summed E-state index contributed by atoms with van der Waals surface area (Å²) < 4.78 is 7.39. The van der Waals surface area contributed by atoms with Crippen LogP contribution in [0, 0.1) is 0 Å². The number of hydrogen-bond acceptors (Lipinski definition) is 4. The Morgan fingerprint density at radius 2 is 2.13 bits per heavy atom. The third kappa shape index (κ3) is 3.79. The molecule has 7 nitrogen and oxygen atoms in total. The van der Waals surface area contributed by atoms with Gasteiger partial charge in [0.2, 0.25) is 0 Å². The largest absolute Gasteiger partial charge is 0.484 e. The van der Waals surface area contributed by atoms with Gasteiger partial charge in [-0.3, -0.25) is 14.2 Å². The predicted octanol–water partition coefficient (Wildman–Crippen LogP) is 2.95. The molecule has 0 fully saturated rings. The van der Waals surface area contributed by atoms with Gasteiger partial charge in [-0.25, -0.2) is 4.98 Å². The van der Waals surface area contributed by atoms with Crippen LogP contribution in [-0.2, 0) is 24.2 Å². The van der Waals surface area contributed by atoms with E-state index in [0.717, 1.165) is 30.6 Å². The molecule has 0 radical (unpaired) electrons. The Balaban J connectivity index is 1.22. The van der Waals surface area contributed by atoms with Gasteiger partial charge >= 0.3 is 0 Å². The molecule has 2 N–H and O–H groups in total. The van der Waals surface area contributed by atoms with Crippen LogP contribution >= 0.6 is 0 Å². The van der Waals surface area contributed by atoms with Gasteiger partial charge in [-0.2, -0.15) is 0 Å². The van der Waals surface area contributed by atoms with Crippen LogP contribution < -0.4 is 15.6 Å². The lowest BCUT2D eigenvalue weighted by Gasteiger charge is -2.14. The zero-order chi connectivity index (χ0) is 21.4. The number of ether oxygens (including phenoxy) is 1. The first-order chi connectivity index (χ1) is 15.1. The summed E-state index contributed by atoms with van der Waals surface area (Å²) in [7, 11) is 0. The number of carbonyl (C=O) groups excluding carboxylic acids is 1. The molecule has 0 bridgehead atoms. The van der Waals surface area contributed by atoms with Crippen LogP contribution in [0.1, 0.15) is 24.7 Å². The lowest BCUT2D eigenvalue weighted by atomic mass is 10.1. The average molecular weight is 416 g/mol. The summed E-state index contributed by atoms with van der Waals surface area (Å²) in [6, 6.07) is 13.3. The molecule has 1 aliphatic heterocycles. The zero-order valence-electron chi connectivity index (χ0n) is 17.4. The van der Waals surface area contributed by atoms with E-state index in [4.69, 9.17) is 4.74 Å². The van der Waals surface area contributed by atoms with Crippen LogP contribution in [0.5, 0.6) is 5.75 Å². The molecule has 2 aromatic carbocycles. The Morgan fingerprint density at radius 3 is 3.03 bits per heavy atom. The number of nitrogens with one attached hydrogen (secondary N) is 2. The van der Waals surface area contributed by atoms with Crippen molar-refractivity contribution in [1.82, 2.24) is 19.9 Å². The molecule has 1 aliphatic rings. The molecule has 0 aliphatic carbocycles. The molecule has 0 saturated carbocycles. The minimum absolute atomic E-state index is 0.0386. The fraction of sp³-hybridized carbons (Fsp3) is 0.292. The Hall–Kier alpha value is -3.61. The quantitative estimate of drug-likeness (QED) is 0.506. The fourth-order valence-electron chi connectivity index (χ4n) is 4.30. The third-order valence-electron chi connectivity index (χ3n) is 5.77. The monoisotopic (exact) mass is 416 g/mol. The van der Waals surface area contributed by atoms with Crippen molar-refractivity contribution in [2.45, 2.75) is 38.8 Å². The molecule has 1 amide bonds. The maximum atomic E-state index is 12.7. The molecule has 31 heavy (non-hydrogen) atoms. The van der Waals surface area contributed by atoms with Gasteiger partial charge in [0.05, 0.1) is 10.9 Å². The predicted molar refractivity (Wildman–Crippen MR) is 119 cm³/mol.